The number of halogens is 1. The first-order chi connectivity index (χ1) is 13.0. The quantitative estimate of drug-likeness (QED) is 0.658. The van der Waals surface area contributed by atoms with E-state index in [9.17, 15) is 22.4 Å². The Morgan fingerprint density at radius 3 is 2.04 bits per heavy atom. The summed E-state index contributed by atoms with van der Waals surface area (Å²) >= 11 is 0. The van der Waals surface area contributed by atoms with Gasteiger partial charge < -0.3 is 0 Å². The highest BCUT2D eigenvalue weighted by atomic mass is 32.2. The molecule has 150 valence electrons. The molecule has 0 atom stereocenters. The normalized spacial score (nSPS) is 11.7. The number of amides is 2. The molecule has 2 aromatic carbocycles. The van der Waals surface area contributed by atoms with Gasteiger partial charge in [0.1, 0.15) is 5.82 Å². The number of hydrogen-bond acceptors (Lipinski definition) is 4. The van der Waals surface area contributed by atoms with E-state index in [1.807, 2.05) is 12.1 Å². The molecule has 0 bridgehead atoms. The number of sulfonamides is 1. The molecule has 2 rings (SSSR count). The molecular weight excluding hydrogens is 385 g/mol. The van der Waals surface area contributed by atoms with Crippen molar-refractivity contribution in [2.75, 3.05) is 6.54 Å². The molecule has 0 aliphatic rings. The van der Waals surface area contributed by atoms with Gasteiger partial charge in [-0.1, -0.05) is 32.9 Å². The van der Waals surface area contributed by atoms with Gasteiger partial charge in [-0.05, 0) is 47.4 Å². The second-order valence-electron chi connectivity index (χ2n) is 7.11. The molecule has 0 aromatic heterocycles. The summed E-state index contributed by atoms with van der Waals surface area (Å²) in [5.41, 5.74) is 5.71. The molecule has 0 saturated carbocycles. The summed E-state index contributed by atoms with van der Waals surface area (Å²) in [6, 6.07) is 11.1. The van der Waals surface area contributed by atoms with E-state index in [0.29, 0.717) is 5.56 Å². The van der Waals surface area contributed by atoms with Crippen molar-refractivity contribution >= 4 is 21.8 Å². The zero-order valence-electron chi connectivity index (χ0n) is 15.7. The minimum absolute atomic E-state index is 0.0507. The molecule has 2 amide bonds. The predicted octanol–water partition coefficient (Wildman–Crippen LogP) is 1.86. The SMILES string of the molecule is CC(C)(C)c1ccc(C(=O)NNC(=O)CNS(=O)(=O)c2ccc(F)cc2)cc1. The standard InChI is InChI=1S/C19H22FN3O4S/c1-19(2,3)14-6-4-13(5-7-14)18(25)23-22-17(24)12-21-28(26,27)16-10-8-15(20)9-11-16/h4-11,21H,12H2,1-3H3,(H,22,24)(H,23,25). The van der Waals surface area contributed by atoms with Gasteiger partial charge in [0.15, 0.2) is 0 Å². The van der Waals surface area contributed by atoms with Crippen LogP contribution in [0.15, 0.2) is 53.4 Å². The Morgan fingerprint density at radius 2 is 1.50 bits per heavy atom. The van der Waals surface area contributed by atoms with Crippen LogP contribution in [0.2, 0.25) is 0 Å². The maximum atomic E-state index is 12.9. The zero-order valence-corrected chi connectivity index (χ0v) is 16.6. The summed E-state index contributed by atoms with van der Waals surface area (Å²) in [7, 11) is -3.97. The molecule has 9 heteroatoms. The highest BCUT2D eigenvalue weighted by molar-refractivity contribution is 7.89. The van der Waals surface area contributed by atoms with E-state index in [2.05, 4.69) is 36.3 Å². The molecule has 2 aromatic rings. The lowest BCUT2D eigenvalue weighted by Crippen LogP contribution is -2.46. The molecule has 0 aliphatic heterocycles. The number of hydrogen-bond donors (Lipinski definition) is 3. The van der Waals surface area contributed by atoms with Gasteiger partial charge in [0.2, 0.25) is 10.0 Å². The Morgan fingerprint density at radius 1 is 0.929 bits per heavy atom. The average molecular weight is 407 g/mol. The van der Waals surface area contributed by atoms with E-state index in [4.69, 9.17) is 0 Å². The molecule has 0 unspecified atom stereocenters. The third-order valence-electron chi connectivity index (χ3n) is 3.88. The van der Waals surface area contributed by atoms with E-state index in [-0.39, 0.29) is 10.3 Å². The third-order valence-corrected chi connectivity index (χ3v) is 5.29. The molecule has 28 heavy (non-hydrogen) atoms. The van der Waals surface area contributed by atoms with Gasteiger partial charge in [0.25, 0.3) is 11.8 Å². The fraction of sp³-hybridized carbons (Fsp3) is 0.263. The van der Waals surface area contributed by atoms with Gasteiger partial charge in [-0.2, -0.15) is 0 Å². The largest absolute Gasteiger partial charge is 0.272 e. The second-order valence-corrected chi connectivity index (χ2v) is 8.88. The first-order valence-corrected chi connectivity index (χ1v) is 9.92. The predicted molar refractivity (Wildman–Crippen MR) is 102 cm³/mol. The van der Waals surface area contributed by atoms with Gasteiger partial charge in [-0.15, -0.1) is 0 Å². The van der Waals surface area contributed by atoms with Crippen LogP contribution in [0.3, 0.4) is 0 Å². The van der Waals surface area contributed by atoms with Crippen LogP contribution in [0.5, 0.6) is 0 Å². The van der Waals surface area contributed by atoms with Gasteiger partial charge in [0.05, 0.1) is 11.4 Å². The Bertz CT molecular complexity index is 950. The fourth-order valence-corrected chi connectivity index (χ4v) is 3.20. The lowest BCUT2D eigenvalue weighted by molar-refractivity contribution is -0.120. The second kappa shape index (κ2) is 8.49. The maximum absolute atomic E-state index is 12.9. The number of rotatable bonds is 5. The number of carbonyl (C=O) groups is 2. The molecule has 3 N–H and O–H groups in total. The van der Waals surface area contributed by atoms with Gasteiger partial charge in [0, 0.05) is 5.56 Å². The van der Waals surface area contributed by atoms with Crippen molar-refractivity contribution in [3.8, 4) is 0 Å². The van der Waals surface area contributed by atoms with Crippen LogP contribution in [0, 0.1) is 5.82 Å². The topological polar surface area (TPSA) is 104 Å². The van der Waals surface area contributed by atoms with Gasteiger partial charge in [-0.25, -0.2) is 17.5 Å². The molecule has 0 radical (unpaired) electrons. The lowest BCUT2D eigenvalue weighted by atomic mass is 9.87. The average Bonchev–Trinajstić information content (AvgIpc) is 2.64. The zero-order chi connectivity index (χ0) is 20.9. The Labute approximate surface area is 163 Å². The minimum atomic E-state index is -3.97. The summed E-state index contributed by atoms with van der Waals surface area (Å²) in [6.45, 7) is 5.56. The molecular formula is C19H22FN3O4S. The van der Waals surface area contributed by atoms with E-state index >= 15 is 0 Å². The highest BCUT2D eigenvalue weighted by Gasteiger charge is 2.17. The molecule has 0 spiro atoms. The Kier molecular flexibility index (Phi) is 6.52. The van der Waals surface area contributed by atoms with E-state index in [0.717, 1.165) is 29.8 Å². The van der Waals surface area contributed by atoms with Crippen LogP contribution in [0.4, 0.5) is 4.39 Å². The van der Waals surface area contributed by atoms with Crippen molar-refractivity contribution in [3.05, 3.63) is 65.5 Å². The molecule has 0 heterocycles. The van der Waals surface area contributed by atoms with Crippen LogP contribution in [-0.2, 0) is 20.2 Å². The van der Waals surface area contributed by atoms with Crippen LogP contribution >= 0.6 is 0 Å². The molecule has 7 nitrogen and oxygen atoms in total. The maximum Gasteiger partial charge on any atom is 0.269 e. The fourth-order valence-electron chi connectivity index (χ4n) is 2.22. The minimum Gasteiger partial charge on any atom is -0.272 e. The van der Waals surface area contributed by atoms with Crippen molar-refractivity contribution < 1.29 is 22.4 Å². The van der Waals surface area contributed by atoms with Crippen molar-refractivity contribution in [2.24, 2.45) is 0 Å². The molecule has 0 aliphatic carbocycles. The number of hydrazine groups is 1. The van der Waals surface area contributed by atoms with Crippen molar-refractivity contribution in [1.29, 1.82) is 0 Å². The van der Waals surface area contributed by atoms with Gasteiger partial charge in [-0.3, -0.25) is 20.4 Å². The summed E-state index contributed by atoms with van der Waals surface area (Å²) in [6.07, 6.45) is 0. The van der Waals surface area contributed by atoms with E-state index < -0.39 is 34.2 Å². The Hall–Kier alpha value is -2.78. The van der Waals surface area contributed by atoms with Crippen LogP contribution in [-0.4, -0.2) is 26.8 Å². The number of nitrogens with one attached hydrogen (secondary N) is 3. The molecule has 0 saturated heterocycles. The summed E-state index contributed by atoms with van der Waals surface area (Å²) < 4.78 is 39.0. The summed E-state index contributed by atoms with van der Waals surface area (Å²) in [5, 5.41) is 0. The first kappa shape index (κ1) is 21.5. The van der Waals surface area contributed by atoms with Crippen LogP contribution in [0.1, 0.15) is 36.7 Å². The van der Waals surface area contributed by atoms with Crippen molar-refractivity contribution in [2.45, 2.75) is 31.1 Å². The van der Waals surface area contributed by atoms with Gasteiger partial charge >= 0.3 is 0 Å². The van der Waals surface area contributed by atoms with Crippen LogP contribution in [0.25, 0.3) is 0 Å². The lowest BCUT2D eigenvalue weighted by Gasteiger charge is -2.19. The van der Waals surface area contributed by atoms with Crippen molar-refractivity contribution in [3.63, 3.8) is 0 Å². The molecule has 0 fully saturated rings. The number of carbonyl (C=O) groups excluding carboxylic acids is 2. The monoisotopic (exact) mass is 407 g/mol. The summed E-state index contributed by atoms with van der Waals surface area (Å²) in [4.78, 5) is 23.7. The van der Waals surface area contributed by atoms with Crippen LogP contribution < -0.4 is 15.6 Å². The summed E-state index contributed by atoms with van der Waals surface area (Å²) in [5.74, 6) is -1.87. The van der Waals surface area contributed by atoms with E-state index in [1.54, 1.807) is 12.1 Å². The van der Waals surface area contributed by atoms with E-state index in [1.165, 1.54) is 0 Å². The third kappa shape index (κ3) is 5.86. The highest BCUT2D eigenvalue weighted by Crippen LogP contribution is 2.22. The number of benzene rings is 2. The van der Waals surface area contributed by atoms with Crippen molar-refractivity contribution in [1.82, 2.24) is 15.6 Å². The smallest absolute Gasteiger partial charge is 0.269 e. The Balaban J connectivity index is 1.86. The first-order valence-electron chi connectivity index (χ1n) is 8.44.